The molecule has 0 atom stereocenters. The van der Waals surface area contributed by atoms with E-state index in [2.05, 4.69) is 47.5 Å². The van der Waals surface area contributed by atoms with Crippen molar-refractivity contribution in [3.63, 3.8) is 0 Å². The van der Waals surface area contributed by atoms with Gasteiger partial charge in [-0.2, -0.15) is 0 Å². The van der Waals surface area contributed by atoms with Crippen molar-refractivity contribution in [2.45, 2.75) is 6.42 Å². The summed E-state index contributed by atoms with van der Waals surface area (Å²) in [6.07, 6.45) is 5.50. The van der Waals surface area contributed by atoms with Gasteiger partial charge in [-0.25, -0.2) is 4.98 Å². The molecule has 0 radical (unpaired) electrons. The third kappa shape index (κ3) is 2.34. The number of rotatable bonds is 0. The summed E-state index contributed by atoms with van der Waals surface area (Å²) in [4.78, 5) is 4.14. The second-order valence-electron chi connectivity index (χ2n) is 4.13. The fourth-order valence-electron chi connectivity index (χ4n) is 2.00. The van der Waals surface area contributed by atoms with Gasteiger partial charge in [0.1, 0.15) is 0 Å². The largest absolute Gasteiger partial charge is 0.245 e. The molecular weight excluding hydrogens is 238 g/mol. The molecule has 0 bridgehead atoms. The van der Waals surface area contributed by atoms with Gasteiger partial charge in [-0.1, -0.05) is 48.6 Å². The number of fused-ring (bicyclic) bond motifs is 2. The Kier molecular flexibility index (Phi) is 3.20. The first-order chi connectivity index (χ1) is 8.93. The SMILES string of the molecule is C1=Cc2ccccc2C1.c1ccc2scnc2c1. The Morgan fingerprint density at radius 3 is 2.67 bits per heavy atom. The predicted molar refractivity (Wildman–Crippen MR) is 78.8 cm³/mol. The van der Waals surface area contributed by atoms with E-state index >= 15 is 0 Å². The minimum Gasteiger partial charge on any atom is -0.245 e. The highest BCUT2D eigenvalue weighted by Gasteiger charge is 2.00. The summed E-state index contributed by atoms with van der Waals surface area (Å²) in [5, 5.41) is 0. The Morgan fingerprint density at radius 2 is 1.78 bits per heavy atom. The van der Waals surface area contributed by atoms with Crippen molar-refractivity contribution < 1.29 is 0 Å². The molecule has 0 fully saturated rings. The lowest BCUT2D eigenvalue weighted by Gasteiger charge is -1.93. The number of benzene rings is 2. The maximum Gasteiger partial charge on any atom is 0.0812 e. The summed E-state index contributed by atoms with van der Waals surface area (Å²) in [6.45, 7) is 0. The number of nitrogens with zero attached hydrogens (tertiary/aromatic N) is 1. The molecule has 2 heteroatoms. The first kappa shape index (κ1) is 11.2. The van der Waals surface area contributed by atoms with E-state index in [4.69, 9.17) is 0 Å². The fraction of sp³-hybridized carbons (Fsp3) is 0.0625. The van der Waals surface area contributed by atoms with Gasteiger partial charge in [0.15, 0.2) is 0 Å². The van der Waals surface area contributed by atoms with Crippen LogP contribution in [0.15, 0.2) is 60.1 Å². The Hall–Kier alpha value is -1.93. The molecule has 1 aliphatic carbocycles. The normalized spacial score (nSPS) is 12.0. The lowest BCUT2D eigenvalue weighted by Crippen LogP contribution is -1.76. The summed E-state index contributed by atoms with van der Waals surface area (Å²) in [7, 11) is 0. The lowest BCUT2D eigenvalue weighted by atomic mass is 10.1. The monoisotopic (exact) mass is 251 g/mol. The van der Waals surface area contributed by atoms with Crippen LogP contribution in [0, 0.1) is 0 Å². The van der Waals surface area contributed by atoms with Crippen LogP contribution >= 0.6 is 11.3 Å². The van der Waals surface area contributed by atoms with E-state index in [1.54, 1.807) is 11.3 Å². The molecule has 0 N–H and O–H groups in total. The van der Waals surface area contributed by atoms with Gasteiger partial charge in [0, 0.05) is 0 Å². The Bertz CT molecular complexity index is 652. The average Bonchev–Trinajstić information content (AvgIpc) is 3.08. The molecule has 1 aliphatic rings. The predicted octanol–water partition coefficient (Wildman–Crippen LogP) is 4.55. The van der Waals surface area contributed by atoms with Crippen LogP contribution in [0.25, 0.3) is 16.3 Å². The third-order valence-corrected chi connectivity index (χ3v) is 3.74. The van der Waals surface area contributed by atoms with Gasteiger partial charge in [-0.15, -0.1) is 11.3 Å². The van der Waals surface area contributed by atoms with Crippen molar-refractivity contribution in [3.8, 4) is 0 Å². The average molecular weight is 251 g/mol. The maximum atomic E-state index is 4.14. The number of aromatic nitrogens is 1. The Morgan fingerprint density at radius 1 is 0.944 bits per heavy atom. The summed E-state index contributed by atoms with van der Waals surface area (Å²) >= 11 is 1.68. The molecule has 1 nitrogen and oxygen atoms in total. The van der Waals surface area contributed by atoms with Crippen molar-refractivity contribution in [1.29, 1.82) is 0 Å². The van der Waals surface area contributed by atoms with Crippen molar-refractivity contribution in [2.24, 2.45) is 0 Å². The van der Waals surface area contributed by atoms with E-state index < -0.39 is 0 Å². The molecule has 2 aromatic carbocycles. The van der Waals surface area contributed by atoms with Gasteiger partial charge < -0.3 is 0 Å². The second-order valence-corrected chi connectivity index (χ2v) is 5.01. The summed E-state index contributed by atoms with van der Waals surface area (Å²) in [6, 6.07) is 16.6. The highest BCUT2D eigenvalue weighted by Crippen LogP contribution is 2.17. The van der Waals surface area contributed by atoms with E-state index in [1.807, 2.05) is 23.7 Å². The topological polar surface area (TPSA) is 12.9 Å². The van der Waals surface area contributed by atoms with Gasteiger partial charge in [-0.3, -0.25) is 0 Å². The standard InChI is InChI=1S/C9H8.C7H5NS/c1-2-5-9-7-3-6-8(9)4-1;1-2-4-7-6(3-1)8-5-9-7/h1-6H,7H2;1-5H. The van der Waals surface area contributed by atoms with Crippen molar-refractivity contribution in [1.82, 2.24) is 4.98 Å². The number of para-hydroxylation sites is 1. The van der Waals surface area contributed by atoms with Crippen LogP contribution in [0.4, 0.5) is 0 Å². The van der Waals surface area contributed by atoms with Crippen LogP contribution in [-0.2, 0) is 6.42 Å². The molecule has 4 rings (SSSR count). The molecule has 0 saturated carbocycles. The first-order valence-electron chi connectivity index (χ1n) is 5.96. The number of hydrogen-bond acceptors (Lipinski definition) is 2. The molecule has 0 amide bonds. The van der Waals surface area contributed by atoms with E-state index in [0.29, 0.717) is 0 Å². The fourth-order valence-corrected chi connectivity index (χ4v) is 2.68. The minimum absolute atomic E-state index is 1.10. The third-order valence-electron chi connectivity index (χ3n) is 2.93. The van der Waals surface area contributed by atoms with Crippen LogP contribution in [0.1, 0.15) is 11.1 Å². The maximum absolute atomic E-state index is 4.14. The highest BCUT2D eigenvalue weighted by molar-refractivity contribution is 7.16. The van der Waals surface area contributed by atoms with Gasteiger partial charge >= 0.3 is 0 Å². The van der Waals surface area contributed by atoms with Gasteiger partial charge in [0.05, 0.1) is 15.7 Å². The smallest absolute Gasteiger partial charge is 0.0812 e. The zero-order valence-corrected chi connectivity index (χ0v) is 10.7. The summed E-state index contributed by atoms with van der Waals surface area (Å²) < 4.78 is 1.26. The Balaban J connectivity index is 0.000000111. The molecule has 0 spiro atoms. The minimum atomic E-state index is 1.10. The first-order valence-corrected chi connectivity index (χ1v) is 6.84. The van der Waals surface area contributed by atoms with E-state index in [-0.39, 0.29) is 0 Å². The van der Waals surface area contributed by atoms with Crippen LogP contribution in [0.2, 0.25) is 0 Å². The number of allylic oxidation sites excluding steroid dienone is 1. The van der Waals surface area contributed by atoms with Gasteiger partial charge in [0.2, 0.25) is 0 Å². The lowest BCUT2D eigenvalue weighted by molar-refractivity contribution is 1.31. The molecule has 1 aromatic heterocycles. The molecule has 3 aromatic rings. The Labute approximate surface area is 110 Å². The van der Waals surface area contributed by atoms with Gasteiger partial charge in [0.25, 0.3) is 0 Å². The van der Waals surface area contributed by atoms with Crippen molar-refractivity contribution >= 4 is 27.6 Å². The summed E-state index contributed by atoms with van der Waals surface area (Å²) in [5.74, 6) is 0. The zero-order chi connectivity index (χ0) is 12.2. The number of hydrogen-bond donors (Lipinski definition) is 0. The van der Waals surface area contributed by atoms with Gasteiger partial charge in [-0.05, 0) is 29.7 Å². The van der Waals surface area contributed by atoms with Crippen LogP contribution in [-0.4, -0.2) is 4.98 Å². The summed E-state index contributed by atoms with van der Waals surface area (Å²) in [5.41, 5.74) is 5.81. The number of thiazole rings is 1. The molecule has 0 saturated heterocycles. The molecule has 0 aliphatic heterocycles. The quantitative estimate of drug-likeness (QED) is 0.571. The molecule has 88 valence electrons. The van der Waals surface area contributed by atoms with E-state index in [0.717, 1.165) is 11.9 Å². The van der Waals surface area contributed by atoms with Crippen molar-refractivity contribution in [2.75, 3.05) is 0 Å². The molecule has 1 heterocycles. The van der Waals surface area contributed by atoms with Crippen LogP contribution in [0.5, 0.6) is 0 Å². The highest BCUT2D eigenvalue weighted by atomic mass is 32.1. The molecule has 0 unspecified atom stereocenters. The van der Waals surface area contributed by atoms with E-state index in [9.17, 15) is 0 Å². The molecule has 18 heavy (non-hydrogen) atoms. The van der Waals surface area contributed by atoms with Crippen molar-refractivity contribution in [3.05, 3.63) is 71.2 Å². The zero-order valence-electron chi connectivity index (χ0n) is 9.91. The van der Waals surface area contributed by atoms with Crippen LogP contribution < -0.4 is 0 Å². The molecular formula is C16H13NS. The van der Waals surface area contributed by atoms with E-state index in [1.165, 1.54) is 15.8 Å². The van der Waals surface area contributed by atoms with Crippen LogP contribution in [0.3, 0.4) is 0 Å². The second kappa shape index (κ2) is 5.15.